The van der Waals surface area contributed by atoms with Crippen LogP contribution in [0.5, 0.6) is 0 Å². The highest BCUT2D eigenvalue weighted by Crippen LogP contribution is 2.39. The number of nitrogens with zero attached hydrogens (tertiary/aromatic N) is 1. The van der Waals surface area contributed by atoms with Crippen LogP contribution in [0.15, 0.2) is 53.0 Å². The van der Waals surface area contributed by atoms with Gasteiger partial charge >= 0.3 is 5.97 Å². The Kier molecular flexibility index (Phi) is 7.92. The molecule has 0 aliphatic heterocycles. The number of pyridine rings is 1. The molecule has 5 nitrogen and oxygen atoms in total. The fourth-order valence-electron chi connectivity index (χ4n) is 5.10. The molecule has 1 amide bonds. The van der Waals surface area contributed by atoms with Crippen molar-refractivity contribution in [2.75, 3.05) is 11.9 Å². The van der Waals surface area contributed by atoms with Crippen molar-refractivity contribution in [1.82, 2.24) is 4.98 Å². The maximum atomic E-state index is 13.9. The first-order valence-electron chi connectivity index (χ1n) is 13.5. The topological polar surface area (TPSA) is 68.3 Å². The van der Waals surface area contributed by atoms with Crippen LogP contribution in [0.1, 0.15) is 83.7 Å². The smallest absolute Gasteiger partial charge is 0.341 e. The molecule has 0 saturated heterocycles. The second-order valence-corrected chi connectivity index (χ2v) is 13.0. The third-order valence-electron chi connectivity index (χ3n) is 7.19. The summed E-state index contributed by atoms with van der Waals surface area (Å²) >= 11 is 5.06. The summed E-state index contributed by atoms with van der Waals surface area (Å²) in [5.41, 5.74) is 5.74. The summed E-state index contributed by atoms with van der Waals surface area (Å²) in [4.78, 5) is 33.0. The number of anilines is 1. The van der Waals surface area contributed by atoms with Crippen molar-refractivity contribution >= 4 is 55.0 Å². The lowest BCUT2D eigenvalue weighted by Gasteiger charge is -2.19. The molecule has 0 radical (unpaired) electrons. The van der Waals surface area contributed by atoms with Gasteiger partial charge < -0.3 is 10.1 Å². The molecule has 1 N–H and O–H groups in total. The maximum absolute atomic E-state index is 13.9. The number of aryl methyl sites for hydroxylation is 1. The predicted molar refractivity (Wildman–Crippen MR) is 163 cm³/mol. The van der Waals surface area contributed by atoms with E-state index in [1.54, 1.807) is 6.92 Å². The Balaban J connectivity index is 1.58. The normalized spacial score (nSPS) is 13.6. The molecule has 2 aromatic heterocycles. The average molecular weight is 606 g/mol. The van der Waals surface area contributed by atoms with Gasteiger partial charge in [-0.1, -0.05) is 67.4 Å². The van der Waals surface area contributed by atoms with Gasteiger partial charge in [-0.05, 0) is 73.4 Å². The number of hydrogen-bond donors (Lipinski definition) is 1. The molecule has 1 aliphatic rings. The number of aromatic nitrogens is 1. The summed E-state index contributed by atoms with van der Waals surface area (Å²) in [6.45, 7) is 8.65. The molecule has 0 spiro atoms. The Bertz CT molecular complexity index is 1550. The van der Waals surface area contributed by atoms with Crippen molar-refractivity contribution in [2.24, 2.45) is 0 Å². The first-order chi connectivity index (χ1) is 18.7. The van der Waals surface area contributed by atoms with Crippen LogP contribution >= 0.6 is 27.3 Å². The van der Waals surface area contributed by atoms with E-state index in [-0.39, 0.29) is 23.9 Å². The zero-order valence-electron chi connectivity index (χ0n) is 22.8. The summed E-state index contributed by atoms with van der Waals surface area (Å²) in [6.07, 6.45) is 5.01. The van der Waals surface area contributed by atoms with Crippen LogP contribution in [0.4, 0.5) is 5.00 Å². The van der Waals surface area contributed by atoms with E-state index in [9.17, 15) is 9.59 Å². The third kappa shape index (κ3) is 5.80. The van der Waals surface area contributed by atoms with Gasteiger partial charge in [0.15, 0.2) is 0 Å². The van der Waals surface area contributed by atoms with Crippen molar-refractivity contribution in [1.29, 1.82) is 0 Å². The Morgan fingerprint density at radius 2 is 1.77 bits per heavy atom. The number of carbonyl (C=O) groups is 2. The third-order valence-corrected chi connectivity index (χ3v) is 8.89. The van der Waals surface area contributed by atoms with Crippen LogP contribution in [-0.2, 0) is 23.0 Å². The Labute approximate surface area is 242 Å². The summed E-state index contributed by atoms with van der Waals surface area (Å²) < 4.78 is 6.28. The molecule has 4 aromatic rings. The first kappa shape index (κ1) is 27.5. The largest absolute Gasteiger partial charge is 0.462 e. The molecule has 202 valence electrons. The van der Waals surface area contributed by atoms with E-state index in [0.29, 0.717) is 16.1 Å². The van der Waals surface area contributed by atoms with Crippen molar-refractivity contribution in [3.05, 3.63) is 80.1 Å². The van der Waals surface area contributed by atoms with Crippen LogP contribution in [0.3, 0.4) is 0 Å². The number of nitrogens with one attached hydrogen (secondary N) is 1. The standard InChI is InChI=1S/C32H33BrN2O3S/c1-5-38-31(37)28-22-9-7-6-8-10-27(22)39-30(28)35-29(36)24-18-26(34-25-16-15-21(33)17-23(24)25)19-11-13-20(14-12-19)32(2,3)4/h11-18H,5-10H2,1-4H3,(H,35,36). The fourth-order valence-corrected chi connectivity index (χ4v) is 6.73. The molecular formula is C32H33BrN2O3S. The quantitative estimate of drug-likeness (QED) is 0.183. The highest BCUT2D eigenvalue weighted by molar-refractivity contribution is 9.10. The van der Waals surface area contributed by atoms with Gasteiger partial charge in [0, 0.05) is 20.3 Å². The van der Waals surface area contributed by atoms with Gasteiger partial charge in [0.2, 0.25) is 0 Å². The van der Waals surface area contributed by atoms with Gasteiger partial charge in [-0.3, -0.25) is 4.79 Å². The zero-order valence-corrected chi connectivity index (χ0v) is 25.2. The van der Waals surface area contributed by atoms with Crippen LogP contribution in [0, 0.1) is 0 Å². The van der Waals surface area contributed by atoms with E-state index in [1.165, 1.54) is 21.8 Å². The van der Waals surface area contributed by atoms with E-state index in [4.69, 9.17) is 9.72 Å². The molecule has 7 heteroatoms. The molecule has 39 heavy (non-hydrogen) atoms. The summed E-state index contributed by atoms with van der Waals surface area (Å²) in [6, 6.07) is 16.0. The molecule has 0 bridgehead atoms. The van der Waals surface area contributed by atoms with Gasteiger partial charge in [-0.2, -0.15) is 0 Å². The second-order valence-electron chi connectivity index (χ2n) is 11.0. The summed E-state index contributed by atoms with van der Waals surface area (Å²) in [7, 11) is 0. The molecule has 2 aromatic carbocycles. The zero-order chi connectivity index (χ0) is 27.7. The predicted octanol–water partition coefficient (Wildman–Crippen LogP) is 8.72. The Morgan fingerprint density at radius 3 is 2.49 bits per heavy atom. The lowest BCUT2D eigenvalue weighted by Crippen LogP contribution is -2.16. The van der Waals surface area contributed by atoms with Gasteiger partial charge in [-0.15, -0.1) is 11.3 Å². The van der Waals surface area contributed by atoms with Crippen LogP contribution in [-0.4, -0.2) is 23.5 Å². The molecule has 2 heterocycles. The van der Waals surface area contributed by atoms with Gasteiger partial charge in [0.25, 0.3) is 5.91 Å². The SMILES string of the molecule is CCOC(=O)c1c(NC(=O)c2cc(-c3ccc(C(C)(C)C)cc3)nc3ccc(Br)cc23)sc2c1CCCCC2. The number of amides is 1. The monoisotopic (exact) mass is 604 g/mol. The van der Waals surface area contributed by atoms with Gasteiger partial charge in [0.1, 0.15) is 5.00 Å². The van der Waals surface area contributed by atoms with Crippen LogP contribution in [0.2, 0.25) is 0 Å². The minimum absolute atomic E-state index is 0.0438. The van der Waals surface area contributed by atoms with E-state index in [0.717, 1.165) is 64.3 Å². The lowest BCUT2D eigenvalue weighted by molar-refractivity contribution is 0.0527. The number of benzene rings is 2. The number of ether oxygens (including phenoxy) is 1. The maximum Gasteiger partial charge on any atom is 0.341 e. The average Bonchev–Trinajstić information content (AvgIpc) is 3.07. The molecule has 0 atom stereocenters. The molecule has 1 aliphatic carbocycles. The van der Waals surface area contributed by atoms with E-state index in [2.05, 4.69) is 66.3 Å². The van der Waals surface area contributed by atoms with Gasteiger partial charge in [-0.25, -0.2) is 9.78 Å². The molecule has 5 rings (SSSR count). The van der Waals surface area contributed by atoms with Crippen LogP contribution < -0.4 is 5.32 Å². The number of halogens is 1. The highest BCUT2D eigenvalue weighted by atomic mass is 79.9. The molecule has 0 unspecified atom stereocenters. The summed E-state index contributed by atoms with van der Waals surface area (Å²) in [5.74, 6) is -0.635. The van der Waals surface area contributed by atoms with Crippen molar-refractivity contribution in [3.8, 4) is 11.3 Å². The second kappa shape index (κ2) is 11.2. The first-order valence-corrected chi connectivity index (χ1v) is 15.1. The van der Waals surface area contributed by atoms with E-state index in [1.807, 2.05) is 24.3 Å². The number of fused-ring (bicyclic) bond motifs is 2. The molecular weight excluding hydrogens is 572 g/mol. The van der Waals surface area contributed by atoms with Crippen molar-refractivity contribution in [3.63, 3.8) is 0 Å². The minimum Gasteiger partial charge on any atom is -0.462 e. The molecule has 0 fully saturated rings. The minimum atomic E-state index is -0.367. The number of hydrogen-bond acceptors (Lipinski definition) is 5. The Morgan fingerprint density at radius 1 is 1.03 bits per heavy atom. The number of esters is 1. The lowest BCUT2D eigenvalue weighted by atomic mass is 9.86. The van der Waals surface area contributed by atoms with E-state index < -0.39 is 0 Å². The van der Waals surface area contributed by atoms with Crippen molar-refractivity contribution < 1.29 is 14.3 Å². The highest BCUT2D eigenvalue weighted by Gasteiger charge is 2.27. The van der Waals surface area contributed by atoms with Gasteiger partial charge in [0.05, 0.1) is 28.9 Å². The van der Waals surface area contributed by atoms with Crippen molar-refractivity contribution in [2.45, 2.75) is 65.2 Å². The molecule has 0 saturated carbocycles. The Hall–Kier alpha value is -3.03. The summed E-state index contributed by atoms with van der Waals surface area (Å²) in [5, 5.41) is 4.41. The fraction of sp³-hybridized carbons (Fsp3) is 0.344. The van der Waals surface area contributed by atoms with Crippen LogP contribution in [0.25, 0.3) is 22.2 Å². The van der Waals surface area contributed by atoms with E-state index >= 15 is 0 Å². The number of rotatable bonds is 5. The number of thiophene rings is 1. The number of carbonyl (C=O) groups excluding carboxylic acids is 2.